The van der Waals surface area contributed by atoms with Gasteiger partial charge in [0.05, 0.1) is 5.69 Å². The van der Waals surface area contributed by atoms with Gasteiger partial charge < -0.3 is 9.52 Å². The maximum atomic E-state index is 12.8. The van der Waals surface area contributed by atoms with Gasteiger partial charge >= 0.3 is 5.97 Å². The molecule has 1 atom stereocenters. The number of hydrogen-bond acceptors (Lipinski definition) is 4. The van der Waals surface area contributed by atoms with Gasteiger partial charge in [0.15, 0.2) is 0 Å². The number of oxazole rings is 1. The highest BCUT2D eigenvalue weighted by atomic mass is 19.1. The molecule has 1 aromatic heterocycles. The van der Waals surface area contributed by atoms with Crippen LogP contribution in [0.4, 0.5) is 4.39 Å². The van der Waals surface area contributed by atoms with Crippen LogP contribution in [0.25, 0.3) is 11.5 Å². The molecule has 2 aromatic rings. The molecule has 0 saturated heterocycles. The number of rotatable bonds is 7. The van der Waals surface area contributed by atoms with Crippen molar-refractivity contribution in [3.63, 3.8) is 0 Å². The smallest absolute Gasteiger partial charge is 0.320 e. The zero-order valence-electron chi connectivity index (χ0n) is 11.7. The first-order valence-electron chi connectivity index (χ1n) is 6.76. The minimum absolute atomic E-state index is 0.307. The summed E-state index contributed by atoms with van der Waals surface area (Å²) in [4.78, 5) is 15.3. The molecule has 0 radical (unpaired) electrons. The number of benzene rings is 1. The van der Waals surface area contributed by atoms with Crippen LogP contribution in [-0.4, -0.2) is 22.1 Å². The average molecular weight is 292 g/mol. The van der Waals surface area contributed by atoms with Crippen molar-refractivity contribution in [1.82, 2.24) is 10.3 Å². The van der Waals surface area contributed by atoms with E-state index >= 15 is 0 Å². The molecule has 0 aliphatic rings. The van der Waals surface area contributed by atoms with E-state index in [1.807, 2.05) is 6.92 Å². The van der Waals surface area contributed by atoms with E-state index in [4.69, 9.17) is 9.52 Å². The van der Waals surface area contributed by atoms with E-state index in [2.05, 4.69) is 10.3 Å². The molecule has 2 N–H and O–H groups in total. The van der Waals surface area contributed by atoms with E-state index in [9.17, 15) is 9.18 Å². The second-order valence-corrected chi connectivity index (χ2v) is 4.71. The first kappa shape index (κ1) is 15.2. The quantitative estimate of drug-likeness (QED) is 0.820. The summed E-state index contributed by atoms with van der Waals surface area (Å²) in [5.74, 6) is -0.815. The van der Waals surface area contributed by atoms with Gasteiger partial charge in [-0.3, -0.25) is 10.1 Å². The summed E-state index contributed by atoms with van der Waals surface area (Å²) in [5, 5.41) is 12.0. The fourth-order valence-electron chi connectivity index (χ4n) is 1.94. The molecule has 1 aromatic carbocycles. The minimum atomic E-state index is -0.876. The molecule has 5 nitrogen and oxygen atoms in total. The Morgan fingerprint density at radius 2 is 2.14 bits per heavy atom. The van der Waals surface area contributed by atoms with Crippen molar-refractivity contribution in [3.05, 3.63) is 42.0 Å². The van der Waals surface area contributed by atoms with Gasteiger partial charge in [-0.2, -0.15) is 0 Å². The lowest BCUT2D eigenvalue weighted by Gasteiger charge is -2.11. The lowest BCUT2D eigenvalue weighted by atomic mass is 10.1. The van der Waals surface area contributed by atoms with Crippen LogP contribution in [0.1, 0.15) is 25.5 Å². The molecule has 112 valence electrons. The second-order valence-electron chi connectivity index (χ2n) is 4.71. The summed E-state index contributed by atoms with van der Waals surface area (Å²) in [6, 6.07) is 5.23. The Bertz CT molecular complexity index is 595. The van der Waals surface area contributed by atoms with Crippen LogP contribution in [-0.2, 0) is 11.3 Å². The molecule has 1 heterocycles. The number of aliphatic carboxylic acids is 1. The highest BCUT2D eigenvalue weighted by molar-refractivity contribution is 5.73. The average Bonchev–Trinajstić information content (AvgIpc) is 2.92. The van der Waals surface area contributed by atoms with Gasteiger partial charge in [0.1, 0.15) is 18.1 Å². The molecule has 6 heteroatoms. The molecule has 21 heavy (non-hydrogen) atoms. The van der Waals surface area contributed by atoms with Gasteiger partial charge in [-0.25, -0.2) is 9.37 Å². The van der Waals surface area contributed by atoms with Crippen molar-refractivity contribution < 1.29 is 18.7 Å². The Labute approximate surface area is 121 Å². The van der Waals surface area contributed by atoms with E-state index < -0.39 is 12.0 Å². The molecule has 2 rings (SSSR count). The lowest BCUT2D eigenvalue weighted by molar-refractivity contribution is -0.139. The van der Waals surface area contributed by atoms with Crippen molar-refractivity contribution in [2.45, 2.75) is 32.4 Å². The van der Waals surface area contributed by atoms with Gasteiger partial charge in [-0.05, 0) is 30.7 Å². The van der Waals surface area contributed by atoms with Gasteiger partial charge in [0.25, 0.3) is 0 Å². The van der Waals surface area contributed by atoms with Crippen molar-refractivity contribution >= 4 is 5.97 Å². The van der Waals surface area contributed by atoms with Gasteiger partial charge in [-0.1, -0.05) is 13.3 Å². The maximum Gasteiger partial charge on any atom is 0.320 e. The fraction of sp³-hybridized carbons (Fsp3) is 0.333. The Morgan fingerprint density at radius 1 is 1.43 bits per heavy atom. The largest absolute Gasteiger partial charge is 0.480 e. The monoisotopic (exact) mass is 292 g/mol. The van der Waals surface area contributed by atoms with Crippen molar-refractivity contribution in [3.8, 4) is 11.5 Å². The Morgan fingerprint density at radius 3 is 2.76 bits per heavy atom. The molecule has 0 fully saturated rings. The van der Waals surface area contributed by atoms with Gasteiger partial charge in [0.2, 0.25) is 5.89 Å². The predicted octanol–water partition coefficient (Wildman–Crippen LogP) is 2.82. The van der Waals surface area contributed by atoms with Crippen molar-refractivity contribution in [2.24, 2.45) is 0 Å². The summed E-state index contributed by atoms with van der Waals surface area (Å²) < 4.78 is 18.2. The lowest BCUT2D eigenvalue weighted by Crippen LogP contribution is -2.36. The number of aromatic nitrogens is 1. The fourth-order valence-corrected chi connectivity index (χ4v) is 1.94. The van der Waals surface area contributed by atoms with E-state index in [1.54, 1.807) is 12.1 Å². The third-order valence-electron chi connectivity index (χ3n) is 3.05. The van der Waals surface area contributed by atoms with E-state index in [0.29, 0.717) is 30.1 Å². The molecular formula is C15H17FN2O3. The number of carbonyl (C=O) groups is 1. The topological polar surface area (TPSA) is 75.4 Å². The summed E-state index contributed by atoms with van der Waals surface area (Å²) >= 11 is 0. The number of carboxylic acid groups (broad SMARTS) is 1. The molecule has 1 unspecified atom stereocenters. The minimum Gasteiger partial charge on any atom is -0.480 e. The number of carboxylic acids is 1. The molecule has 0 aliphatic heterocycles. The van der Waals surface area contributed by atoms with Crippen LogP contribution in [0.15, 0.2) is 34.9 Å². The van der Waals surface area contributed by atoms with Crippen LogP contribution >= 0.6 is 0 Å². The Kier molecular flexibility index (Phi) is 5.05. The highest BCUT2D eigenvalue weighted by Crippen LogP contribution is 2.18. The summed E-state index contributed by atoms with van der Waals surface area (Å²) in [5.41, 5.74) is 1.28. The zero-order valence-corrected chi connectivity index (χ0v) is 11.7. The maximum absolute atomic E-state index is 12.8. The first-order chi connectivity index (χ1) is 10.1. The number of hydrogen-bond donors (Lipinski definition) is 2. The predicted molar refractivity (Wildman–Crippen MR) is 75.1 cm³/mol. The second kappa shape index (κ2) is 6.99. The molecule has 0 saturated carbocycles. The molecular weight excluding hydrogens is 275 g/mol. The normalized spacial score (nSPS) is 12.3. The Hall–Kier alpha value is -2.21. The molecule has 0 bridgehead atoms. The SMILES string of the molecule is CCCC(NCc1coc(-c2ccc(F)cc2)n1)C(=O)O. The summed E-state index contributed by atoms with van der Waals surface area (Å²) in [6.07, 6.45) is 2.80. The molecule has 0 spiro atoms. The van der Waals surface area contributed by atoms with Crippen LogP contribution in [0.5, 0.6) is 0 Å². The first-order valence-corrected chi connectivity index (χ1v) is 6.76. The number of nitrogens with zero attached hydrogens (tertiary/aromatic N) is 1. The molecule has 0 amide bonds. The van der Waals surface area contributed by atoms with E-state index in [0.717, 1.165) is 6.42 Å². The van der Waals surface area contributed by atoms with Gasteiger partial charge in [0, 0.05) is 12.1 Å². The number of halogens is 1. The number of nitrogens with one attached hydrogen (secondary N) is 1. The Balaban J connectivity index is 2.00. The molecule has 0 aliphatic carbocycles. The van der Waals surface area contributed by atoms with Crippen molar-refractivity contribution in [2.75, 3.05) is 0 Å². The summed E-state index contributed by atoms with van der Waals surface area (Å²) in [7, 11) is 0. The van der Waals surface area contributed by atoms with Crippen LogP contribution in [0.3, 0.4) is 0 Å². The standard InChI is InChI=1S/C15H17FN2O3/c1-2-3-13(15(19)20)17-8-12-9-21-14(18-12)10-4-6-11(16)7-5-10/h4-7,9,13,17H,2-3,8H2,1H3,(H,19,20). The zero-order chi connectivity index (χ0) is 15.2. The van der Waals surface area contributed by atoms with Crippen LogP contribution in [0, 0.1) is 5.82 Å². The highest BCUT2D eigenvalue weighted by Gasteiger charge is 2.16. The van der Waals surface area contributed by atoms with E-state index in [1.165, 1.54) is 18.4 Å². The van der Waals surface area contributed by atoms with Crippen molar-refractivity contribution in [1.29, 1.82) is 0 Å². The van der Waals surface area contributed by atoms with Crippen LogP contribution in [0.2, 0.25) is 0 Å². The third kappa shape index (κ3) is 4.13. The summed E-state index contributed by atoms with van der Waals surface area (Å²) in [6.45, 7) is 2.24. The third-order valence-corrected chi connectivity index (χ3v) is 3.05. The van der Waals surface area contributed by atoms with E-state index in [-0.39, 0.29) is 5.82 Å². The van der Waals surface area contributed by atoms with Gasteiger partial charge in [-0.15, -0.1) is 0 Å². The van der Waals surface area contributed by atoms with Crippen LogP contribution < -0.4 is 5.32 Å².